The van der Waals surface area contributed by atoms with Gasteiger partial charge in [-0.3, -0.25) is 4.79 Å². The first-order chi connectivity index (χ1) is 16.1. The van der Waals surface area contributed by atoms with Crippen LogP contribution in [0, 0.1) is 0 Å². The maximum atomic E-state index is 13.2. The van der Waals surface area contributed by atoms with Gasteiger partial charge in [0.2, 0.25) is 0 Å². The highest BCUT2D eigenvalue weighted by atomic mass is 35.5. The van der Waals surface area contributed by atoms with E-state index in [1.807, 2.05) is 31.3 Å². The van der Waals surface area contributed by atoms with Crippen molar-refractivity contribution in [3.05, 3.63) is 106 Å². The molecule has 0 atom stereocenters. The lowest BCUT2D eigenvalue weighted by Gasteiger charge is -2.40. The van der Waals surface area contributed by atoms with E-state index in [-0.39, 0.29) is 5.54 Å². The molecular formula is C28H28ClN3O2. The summed E-state index contributed by atoms with van der Waals surface area (Å²) in [4.78, 5) is 15.4. The minimum atomic E-state index is -1.90. The van der Waals surface area contributed by atoms with Gasteiger partial charge in [0, 0.05) is 23.9 Å². The second-order valence-corrected chi connectivity index (χ2v) is 9.48. The van der Waals surface area contributed by atoms with Crippen LogP contribution in [0.4, 0.5) is 5.69 Å². The molecule has 5 nitrogen and oxygen atoms in total. The van der Waals surface area contributed by atoms with Crippen molar-refractivity contribution >= 4 is 35.0 Å². The van der Waals surface area contributed by atoms with Gasteiger partial charge in [0.05, 0.1) is 16.8 Å². The first-order valence-corrected chi connectivity index (χ1v) is 11.5. The molecule has 0 bridgehead atoms. The predicted octanol–water partition coefficient (Wildman–Crippen LogP) is 5.36. The molecule has 0 unspecified atom stereocenters. The van der Waals surface area contributed by atoms with E-state index in [2.05, 4.69) is 42.3 Å². The maximum absolute atomic E-state index is 13.2. The fourth-order valence-corrected chi connectivity index (χ4v) is 4.52. The number of rotatable bonds is 5. The number of hydrogen-bond donors (Lipinski definition) is 2. The monoisotopic (exact) mass is 473 g/mol. The van der Waals surface area contributed by atoms with E-state index in [0.717, 1.165) is 16.8 Å². The third kappa shape index (κ3) is 4.25. The number of carbonyl (C=O) groups excluding carboxylic acids is 1. The quantitative estimate of drug-likeness (QED) is 0.387. The Bertz CT molecular complexity index is 1230. The van der Waals surface area contributed by atoms with Crippen LogP contribution >= 0.6 is 11.6 Å². The van der Waals surface area contributed by atoms with Crippen molar-refractivity contribution in [2.75, 3.05) is 11.9 Å². The van der Waals surface area contributed by atoms with Crippen LogP contribution in [0.2, 0.25) is 5.02 Å². The molecule has 0 fully saturated rings. The summed E-state index contributed by atoms with van der Waals surface area (Å²) in [6.07, 6.45) is 3.72. The number of carbonyl (C=O) groups is 1. The van der Waals surface area contributed by atoms with Gasteiger partial charge in [0.1, 0.15) is 0 Å². The van der Waals surface area contributed by atoms with Crippen molar-refractivity contribution in [3.8, 4) is 0 Å². The molecule has 1 amide bonds. The first-order valence-electron chi connectivity index (χ1n) is 11.1. The Kier molecular flexibility index (Phi) is 6.34. The number of nitrogens with zero attached hydrogens (tertiary/aromatic N) is 2. The lowest BCUT2D eigenvalue weighted by molar-refractivity contribution is -0.136. The number of aliphatic hydroxyl groups is 1. The van der Waals surface area contributed by atoms with E-state index in [0.29, 0.717) is 21.7 Å². The van der Waals surface area contributed by atoms with Crippen LogP contribution in [0.5, 0.6) is 0 Å². The molecule has 0 saturated carbocycles. The number of anilines is 1. The Labute approximate surface area is 205 Å². The highest BCUT2D eigenvalue weighted by Crippen LogP contribution is 2.40. The molecule has 2 N–H and O–H groups in total. The molecule has 174 valence electrons. The summed E-state index contributed by atoms with van der Waals surface area (Å²) in [6, 6.07) is 21.5. The number of hydrazone groups is 1. The van der Waals surface area contributed by atoms with E-state index in [1.54, 1.807) is 48.5 Å². The zero-order valence-electron chi connectivity index (χ0n) is 19.7. The lowest BCUT2D eigenvalue weighted by Crippen LogP contribution is -2.43. The van der Waals surface area contributed by atoms with Gasteiger partial charge < -0.3 is 10.0 Å². The Hall–Kier alpha value is -3.41. The molecular weight excluding hydrogens is 446 g/mol. The average molecular weight is 474 g/mol. The van der Waals surface area contributed by atoms with Gasteiger partial charge in [0.25, 0.3) is 5.91 Å². The van der Waals surface area contributed by atoms with Crippen molar-refractivity contribution in [3.63, 3.8) is 0 Å². The molecule has 0 radical (unpaired) electrons. The van der Waals surface area contributed by atoms with Crippen LogP contribution in [-0.2, 0) is 10.4 Å². The van der Waals surface area contributed by atoms with Gasteiger partial charge in [-0.15, -0.1) is 0 Å². The number of benzene rings is 3. The summed E-state index contributed by atoms with van der Waals surface area (Å²) >= 11 is 6.56. The second kappa shape index (κ2) is 9.09. The summed E-state index contributed by atoms with van der Waals surface area (Å²) in [5, 5.41) is 16.2. The third-order valence-corrected chi connectivity index (χ3v) is 6.74. The molecule has 0 spiro atoms. The highest BCUT2D eigenvalue weighted by molar-refractivity contribution is 6.33. The second-order valence-electron chi connectivity index (χ2n) is 9.07. The Balaban J connectivity index is 1.63. The SMILES string of the molecule is CC1=CC(C)(C)N(C)c2cc(Cl)c(/C=N/NC(=O)C(O)(c3ccccc3)c3ccccc3)cc21. The largest absolute Gasteiger partial charge is 0.372 e. The van der Waals surface area contributed by atoms with Gasteiger partial charge in [0.15, 0.2) is 5.60 Å². The Morgan fingerprint density at radius 2 is 1.62 bits per heavy atom. The zero-order chi connectivity index (χ0) is 24.5. The predicted molar refractivity (Wildman–Crippen MR) is 139 cm³/mol. The highest BCUT2D eigenvalue weighted by Gasteiger charge is 2.40. The number of halogens is 1. The van der Waals surface area contributed by atoms with E-state index in [9.17, 15) is 9.90 Å². The van der Waals surface area contributed by atoms with E-state index < -0.39 is 11.5 Å². The van der Waals surface area contributed by atoms with Crippen LogP contribution in [0.15, 0.2) is 84.0 Å². The van der Waals surface area contributed by atoms with Crippen LogP contribution in [0.1, 0.15) is 43.0 Å². The van der Waals surface area contributed by atoms with Crippen molar-refractivity contribution in [1.82, 2.24) is 5.43 Å². The van der Waals surface area contributed by atoms with Crippen LogP contribution in [0.25, 0.3) is 5.57 Å². The van der Waals surface area contributed by atoms with E-state index in [1.165, 1.54) is 6.21 Å². The summed E-state index contributed by atoms with van der Waals surface area (Å²) < 4.78 is 0. The number of nitrogens with one attached hydrogen (secondary N) is 1. The minimum Gasteiger partial charge on any atom is -0.372 e. The third-order valence-electron chi connectivity index (χ3n) is 6.42. The van der Waals surface area contributed by atoms with Crippen molar-refractivity contribution in [1.29, 1.82) is 0 Å². The molecule has 0 aromatic heterocycles. The smallest absolute Gasteiger partial charge is 0.281 e. The van der Waals surface area contributed by atoms with Gasteiger partial charge >= 0.3 is 0 Å². The number of fused-ring (bicyclic) bond motifs is 1. The molecule has 0 saturated heterocycles. The molecule has 6 heteroatoms. The normalized spacial score (nSPS) is 15.1. The summed E-state index contributed by atoms with van der Waals surface area (Å²) in [5.74, 6) is -0.659. The fraction of sp³-hybridized carbons (Fsp3) is 0.214. The Morgan fingerprint density at radius 3 is 2.18 bits per heavy atom. The lowest BCUT2D eigenvalue weighted by atomic mass is 9.85. The van der Waals surface area contributed by atoms with Crippen LogP contribution in [-0.4, -0.2) is 29.8 Å². The van der Waals surface area contributed by atoms with Crippen molar-refractivity contribution in [2.45, 2.75) is 31.9 Å². The van der Waals surface area contributed by atoms with Gasteiger partial charge in [-0.25, -0.2) is 5.43 Å². The van der Waals surface area contributed by atoms with Crippen molar-refractivity contribution in [2.24, 2.45) is 5.10 Å². The maximum Gasteiger partial charge on any atom is 0.281 e. The molecule has 3 aromatic rings. The molecule has 4 rings (SSSR count). The number of hydrogen-bond acceptors (Lipinski definition) is 4. The summed E-state index contributed by atoms with van der Waals surface area (Å²) in [6.45, 7) is 6.38. The van der Waals surface area contributed by atoms with Gasteiger partial charge in [-0.2, -0.15) is 5.10 Å². The first kappa shape index (κ1) is 23.7. The van der Waals surface area contributed by atoms with Crippen molar-refractivity contribution < 1.29 is 9.90 Å². The topological polar surface area (TPSA) is 64.9 Å². The molecule has 3 aromatic carbocycles. The number of allylic oxidation sites excluding steroid dienone is 1. The molecule has 1 aliphatic heterocycles. The Morgan fingerprint density at radius 1 is 1.06 bits per heavy atom. The average Bonchev–Trinajstić information content (AvgIpc) is 2.83. The molecule has 0 aliphatic carbocycles. The molecule has 34 heavy (non-hydrogen) atoms. The summed E-state index contributed by atoms with van der Waals surface area (Å²) in [7, 11) is 2.04. The number of likely N-dealkylation sites (N-methyl/N-ethyl adjacent to an activating group) is 1. The van der Waals surface area contributed by atoms with Gasteiger partial charge in [-0.1, -0.05) is 78.3 Å². The number of amides is 1. The standard InChI is InChI=1S/C28H28ClN3O2/c1-19-17-27(2,3)32(4)25-16-24(29)20(15-23(19)25)18-30-31-26(33)28(34,21-11-7-5-8-12-21)22-13-9-6-10-14-22/h5-18,34H,1-4H3,(H,31,33)/b30-18+. The van der Waals surface area contributed by atoms with Gasteiger partial charge in [-0.05, 0) is 49.6 Å². The zero-order valence-corrected chi connectivity index (χ0v) is 20.5. The molecule has 1 heterocycles. The fourth-order valence-electron chi connectivity index (χ4n) is 4.32. The van der Waals surface area contributed by atoms with E-state index in [4.69, 9.17) is 11.6 Å². The molecule has 1 aliphatic rings. The van der Waals surface area contributed by atoms with E-state index >= 15 is 0 Å². The minimum absolute atomic E-state index is 0.122. The van der Waals surface area contributed by atoms with Crippen LogP contribution < -0.4 is 10.3 Å². The van der Waals surface area contributed by atoms with Crippen LogP contribution in [0.3, 0.4) is 0 Å². The summed E-state index contributed by atoms with van der Waals surface area (Å²) in [5.41, 5.74) is 5.31.